The van der Waals surface area contributed by atoms with Gasteiger partial charge in [0.25, 0.3) is 0 Å². The van der Waals surface area contributed by atoms with Crippen molar-refractivity contribution >= 4 is 18.6 Å². The number of hydrogen-bond donors (Lipinski definition) is 0. The summed E-state index contributed by atoms with van der Waals surface area (Å²) in [6, 6.07) is 40.0. The van der Waals surface area contributed by atoms with Crippen molar-refractivity contribution in [3.05, 3.63) is 121 Å². The van der Waals surface area contributed by atoms with Crippen molar-refractivity contribution < 1.29 is 63.6 Å². The van der Waals surface area contributed by atoms with Crippen molar-refractivity contribution in [3.8, 4) is 0 Å². The van der Waals surface area contributed by atoms with Gasteiger partial charge in [-0.15, -0.1) is 0 Å². The van der Waals surface area contributed by atoms with Gasteiger partial charge in [0.05, 0.1) is 0 Å². The van der Waals surface area contributed by atoms with Crippen molar-refractivity contribution in [1.82, 2.24) is 0 Å². The van der Waals surface area contributed by atoms with Gasteiger partial charge in [0.1, 0.15) is 0 Å². The van der Waals surface area contributed by atoms with Gasteiger partial charge in [-0.1, -0.05) is 0 Å². The predicted molar refractivity (Wildman–Crippen MR) is 99.8 cm³/mol. The second-order valence-electron chi connectivity index (χ2n) is 3.92. The van der Waals surface area contributed by atoms with Crippen LogP contribution in [0.15, 0.2) is 121 Å². The molecule has 0 nitrogen and oxygen atoms in total. The third-order valence-electron chi connectivity index (χ3n) is 2.22. The largest absolute Gasteiger partial charge is 4.00 e. The van der Waals surface area contributed by atoms with Crippen molar-refractivity contribution in [1.29, 1.82) is 0 Å². The van der Waals surface area contributed by atoms with Crippen LogP contribution < -0.4 is 24.8 Å². The average molecular weight is 498 g/mol. The van der Waals surface area contributed by atoms with Crippen LogP contribution in [0.5, 0.6) is 0 Å². The molecule has 4 aromatic rings. The average Bonchev–Trinajstić information content (AvgIpc) is 3.47. The minimum absolute atomic E-state index is 0. The van der Waals surface area contributed by atoms with Gasteiger partial charge in [0.2, 0.25) is 0 Å². The molecule has 0 aliphatic carbocycles. The van der Waals surface area contributed by atoms with E-state index in [1.807, 2.05) is 121 Å². The van der Waals surface area contributed by atoms with Crippen LogP contribution in [0.25, 0.3) is 0 Å². The van der Waals surface area contributed by atoms with E-state index < -0.39 is 17.0 Å². The van der Waals surface area contributed by atoms with Gasteiger partial charge in [-0.25, -0.2) is 48.5 Å². The molecule has 4 rings (SSSR count). The molecule has 0 aliphatic heterocycles. The minimum Gasteiger partial charge on any atom is -0.214 e. The zero-order valence-corrected chi connectivity index (χ0v) is 20.2. The van der Waals surface area contributed by atoms with Crippen LogP contribution >= 0.6 is 18.6 Å². The molecule has 6 heteroatoms. The molecule has 0 aliphatic rings. The minimum atomic E-state index is -0.556. The maximum atomic E-state index is 4.89. The Morgan fingerprint density at radius 1 is 0.423 bits per heavy atom. The molecule has 0 N–H and O–H groups in total. The fourth-order valence-electron chi connectivity index (χ4n) is 1.28. The normalized spacial score (nSPS) is 6.69. The maximum Gasteiger partial charge on any atom is 4.00 e. The Bertz CT molecular complexity index is 371. The van der Waals surface area contributed by atoms with Gasteiger partial charge in [-0.05, 0) is 0 Å². The summed E-state index contributed by atoms with van der Waals surface area (Å²) in [7, 11) is 9.78. The van der Waals surface area contributed by atoms with Crippen molar-refractivity contribution in [2.75, 3.05) is 0 Å². The summed E-state index contributed by atoms with van der Waals surface area (Å²) in [6.45, 7) is 0. The van der Waals surface area contributed by atoms with E-state index in [1.54, 1.807) is 0 Å². The SMILES string of the molecule is [Cl-].[Cl-].[Cl][Ti][Cl].[Ti+4].c1cc[cH-]c1.c1cc[cH-]c1.c1cc[cH-]c1.c1cc[cH-]c1. The number of halogens is 4. The molecule has 138 valence electrons. The summed E-state index contributed by atoms with van der Waals surface area (Å²) < 4.78 is 0. The molecule has 4 aromatic carbocycles. The molecular weight excluding hydrogens is 478 g/mol. The molecule has 0 amide bonds. The fourth-order valence-corrected chi connectivity index (χ4v) is 1.28. The Labute approximate surface area is 201 Å². The van der Waals surface area contributed by atoms with Crippen molar-refractivity contribution in [3.63, 3.8) is 0 Å². The van der Waals surface area contributed by atoms with Gasteiger partial charge < -0.3 is 24.8 Å². The molecule has 0 bridgehead atoms. The first-order valence-corrected chi connectivity index (χ1v) is 11.3. The Morgan fingerprint density at radius 3 is 0.577 bits per heavy atom. The van der Waals surface area contributed by atoms with E-state index in [9.17, 15) is 0 Å². The van der Waals surface area contributed by atoms with Crippen LogP contribution in [-0.4, -0.2) is 0 Å². The molecule has 0 saturated carbocycles. The van der Waals surface area contributed by atoms with E-state index in [0.29, 0.717) is 0 Å². The molecule has 0 spiro atoms. The first kappa shape index (κ1) is 33.6. The van der Waals surface area contributed by atoms with Crippen LogP contribution in [0, 0.1) is 0 Å². The summed E-state index contributed by atoms with van der Waals surface area (Å²) in [6.07, 6.45) is 0. The first-order valence-electron chi connectivity index (χ1n) is 7.04. The standard InChI is InChI=1S/4C5H5.4ClH.2Ti/c4*1-2-4-5-3-1;;;;;;/h4*1-5H;4*1H;;/q4*-1;;;;;+2;+4/p-4. The molecule has 0 unspecified atom stereocenters. The van der Waals surface area contributed by atoms with Gasteiger partial charge in [0, 0.05) is 0 Å². The van der Waals surface area contributed by atoms with E-state index in [-0.39, 0.29) is 46.5 Å². The molecule has 0 aromatic heterocycles. The molecule has 0 heterocycles. The van der Waals surface area contributed by atoms with Crippen molar-refractivity contribution in [2.45, 2.75) is 0 Å². The Hall–Kier alpha value is -0.0114. The monoisotopic (exact) mass is 496 g/mol. The van der Waals surface area contributed by atoms with Gasteiger partial charge in [-0.3, -0.25) is 0 Å². The predicted octanol–water partition coefficient (Wildman–Crippen LogP) is 1.00. The number of hydrogen-bond acceptors (Lipinski definition) is 0. The third kappa shape index (κ3) is 31.7. The Kier molecular flexibility index (Phi) is 42.1. The van der Waals surface area contributed by atoms with Crippen LogP contribution in [0.1, 0.15) is 0 Å². The van der Waals surface area contributed by atoms with E-state index in [1.165, 1.54) is 0 Å². The summed E-state index contributed by atoms with van der Waals surface area (Å²) in [4.78, 5) is 0. The number of rotatable bonds is 0. The Balaban J connectivity index is -0.000000114. The van der Waals surface area contributed by atoms with E-state index in [4.69, 9.17) is 18.6 Å². The van der Waals surface area contributed by atoms with Crippen LogP contribution in [0.3, 0.4) is 0 Å². The molecular formula is C20H20Cl4Ti2-2. The topological polar surface area (TPSA) is 0 Å². The second-order valence-corrected chi connectivity index (χ2v) is 6.50. The van der Waals surface area contributed by atoms with E-state index in [2.05, 4.69) is 0 Å². The zero-order valence-electron chi connectivity index (χ0n) is 14.1. The van der Waals surface area contributed by atoms with Crippen LogP contribution in [0.2, 0.25) is 0 Å². The molecule has 0 radical (unpaired) electrons. The quantitative estimate of drug-likeness (QED) is 0.251. The third-order valence-corrected chi connectivity index (χ3v) is 2.22. The summed E-state index contributed by atoms with van der Waals surface area (Å²) in [5.74, 6) is 0. The van der Waals surface area contributed by atoms with Crippen LogP contribution in [0.4, 0.5) is 0 Å². The van der Waals surface area contributed by atoms with E-state index >= 15 is 0 Å². The summed E-state index contributed by atoms with van der Waals surface area (Å²) in [5, 5.41) is 0. The smallest absolute Gasteiger partial charge is 0.214 e. The Morgan fingerprint density at radius 2 is 0.538 bits per heavy atom. The van der Waals surface area contributed by atoms with Gasteiger partial charge >= 0.3 is 57.4 Å². The molecule has 0 atom stereocenters. The second kappa shape index (κ2) is 32.6. The molecule has 26 heavy (non-hydrogen) atoms. The zero-order chi connectivity index (χ0) is 16.8. The fraction of sp³-hybridized carbons (Fsp3) is 0. The van der Waals surface area contributed by atoms with Gasteiger partial charge in [0.15, 0.2) is 0 Å². The summed E-state index contributed by atoms with van der Waals surface area (Å²) >= 11 is -0.556. The molecule has 0 fully saturated rings. The van der Waals surface area contributed by atoms with Crippen LogP contribution in [-0.2, 0) is 38.7 Å². The van der Waals surface area contributed by atoms with Crippen molar-refractivity contribution in [2.24, 2.45) is 0 Å². The maximum absolute atomic E-state index is 4.89. The first-order chi connectivity index (χ1) is 11.4. The summed E-state index contributed by atoms with van der Waals surface area (Å²) in [5.41, 5.74) is 0. The van der Waals surface area contributed by atoms with Gasteiger partial charge in [-0.2, -0.15) is 72.8 Å². The van der Waals surface area contributed by atoms with E-state index in [0.717, 1.165) is 0 Å². The molecule has 0 saturated heterocycles.